The molecule has 0 saturated heterocycles. The van der Waals surface area contributed by atoms with Crippen molar-refractivity contribution in [2.45, 2.75) is 0 Å². The van der Waals surface area contributed by atoms with Gasteiger partial charge in [0.1, 0.15) is 26.4 Å². The summed E-state index contributed by atoms with van der Waals surface area (Å²) >= 11 is 3.34. The average molecular weight is 561 g/mol. The average Bonchev–Trinajstić information content (AvgIpc) is 3.58. The van der Waals surface area contributed by atoms with E-state index >= 15 is 0 Å². The Kier molecular flexibility index (Phi) is 10.3. The van der Waals surface area contributed by atoms with Crippen molar-refractivity contribution in [1.82, 2.24) is 0 Å². The van der Waals surface area contributed by atoms with E-state index in [4.69, 9.17) is 37.9 Å². The molecule has 3 heterocycles. The number of hydrogen-bond donors (Lipinski definition) is 0. The molecule has 8 nitrogen and oxygen atoms in total. The summed E-state index contributed by atoms with van der Waals surface area (Å²) in [7, 11) is 0. The maximum absolute atomic E-state index is 5.99. The molecule has 0 saturated carbocycles. The zero-order chi connectivity index (χ0) is 25.8. The lowest BCUT2D eigenvalue weighted by Crippen LogP contribution is -2.15. The summed E-state index contributed by atoms with van der Waals surface area (Å²) in [6.45, 7) is 5.36. The van der Waals surface area contributed by atoms with E-state index < -0.39 is 0 Å². The molecule has 5 rings (SSSR count). The van der Waals surface area contributed by atoms with Crippen molar-refractivity contribution in [2.24, 2.45) is 0 Å². The first-order valence-electron chi connectivity index (χ1n) is 12.7. The van der Waals surface area contributed by atoms with Crippen molar-refractivity contribution in [3.05, 3.63) is 47.2 Å². The van der Waals surface area contributed by atoms with Gasteiger partial charge in [0, 0.05) is 21.5 Å². The molecule has 0 fully saturated rings. The van der Waals surface area contributed by atoms with Gasteiger partial charge in [0.15, 0.2) is 23.0 Å². The van der Waals surface area contributed by atoms with Gasteiger partial charge in [-0.2, -0.15) is 0 Å². The SMILES string of the molecule is c1cc2cc3c(cc2s1)OCCOCCOCCOc1cc2ccsc2cc1OCCOCCOCCO3. The van der Waals surface area contributed by atoms with Gasteiger partial charge in [-0.05, 0) is 45.8 Å². The standard InChI is InChI=1S/C28H32O8S2/c1-15-37-27-19-25-23(17-21(1)27)33-11-7-29-3-5-32-10-14-36-26-20-28-22(2-16-38-28)18-24(26)34-12-8-30-4-6-31-9-13-35-25/h1-2,15-20H,3-14H2. The van der Waals surface area contributed by atoms with Crippen LogP contribution in [0.2, 0.25) is 0 Å². The molecule has 10 heteroatoms. The highest BCUT2D eigenvalue weighted by atomic mass is 32.1. The first kappa shape index (κ1) is 27.0. The second kappa shape index (κ2) is 14.5. The lowest BCUT2D eigenvalue weighted by molar-refractivity contribution is 0.0224. The summed E-state index contributed by atoms with van der Waals surface area (Å²) in [5.41, 5.74) is 0. The number of thiophene rings is 2. The molecule has 2 aromatic carbocycles. The van der Waals surface area contributed by atoms with E-state index in [2.05, 4.69) is 22.9 Å². The number of hydrogen-bond acceptors (Lipinski definition) is 10. The number of rotatable bonds is 0. The van der Waals surface area contributed by atoms with Gasteiger partial charge in [0.25, 0.3) is 0 Å². The second-order valence-electron chi connectivity index (χ2n) is 8.36. The molecule has 0 atom stereocenters. The summed E-state index contributed by atoms with van der Waals surface area (Å²) in [4.78, 5) is 0. The van der Waals surface area contributed by atoms with Crippen LogP contribution >= 0.6 is 22.7 Å². The molecule has 0 spiro atoms. The minimum atomic E-state index is 0.414. The molecular formula is C28H32O8S2. The molecule has 0 aliphatic carbocycles. The maximum Gasteiger partial charge on any atom is 0.162 e. The minimum Gasteiger partial charge on any atom is -0.487 e. The number of fused-ring (bicyclic) bond motifs is 4. The quantitative estimate of drug-likeness (QED) is 0.283. The predicted molar refractivity (Wildman–Crippen MR) is 149 cm³/mol. The van der Waals surface area contributed by atoms with Gasteiger partial charge in [-0.1, -0.05) is 0 Å². The molecule has 0 bridgehead atoms. The number of ether oxygens (including phenoxy) is 8. The topological polar surface area (TPSA) is 73.8 Å². The van der Waals surface area contributed by atoms with E-state index in [-0.39, 0.29) is 0 Å². The smallest absolute Gasteiger partial charge is 0.162 e. The van der Waals surface area contributed by atoms with Crippen molar-refractivity contribution in [1.29, 1.82) is 0 Å². The largest absolute Gasteiger partial charge is 0.487 e. The number of benzene rings is 2. The van der Waals surface area contributed by atoms with Gasteiger partial charge < -0.3 is 37.9 Å². The van der Waals surface area contributed by atoms with Crippen LogP contribution in [-0.2, 0) is 18.9 Å². The summed E-state index contributed by atoms with van der Waals surface area (Å²) < 4.78 is 48.9. The van der Waals surface area contributed by atoms with Crippen LogP contribution in [0.15, 0.2) is 47.2 Å². The van der Waals surface area contributed by atoms with E-state index in [1.165, 1.54) is 0 Å². The Morgan fingerprint density at radius 3 is 1.08 bits per heavy atom. The van der Waals surface area contributed by atoms with E-state index in [0.717, 1.165) is 20.2 Å². The Hall–Kier alpha value is -2.60. The van der Waals surface area contributed by atoms with E-state index in [1.54, 1.807) is 22.7 Å². The Morgan fingerprint density at radius 1 is 0.395 bits per heavy atom. The molecule has 0 unspecified atom stereocenters. The monoisotopic (exact) mass is 560 g/mol. The highest BCUT2D eigenvalue weighted by Crippen LogP contribution is 2.36. The second-order valence-corrected chi connectivity index (χ2v) is 10.3. The van der Waals surface area contributed by atoms with Crippen LogP contribution in [0.25, 0.3) is 20.2 Å². The third-order valence-electron chi connectivity index (χ3n) is 5.72. The molecule has 0 amide bonds. The van der Waals surface area contributed by atoms with Crippen LogP contribution in [0.3, 0.4) is 0 Å². The fourth-order valence-corrected chi connectivity index (χ4v) is 5.48. The predicted octanol–water partition coefficient (Wildman–Crippen LogP) is 5.41. The molecule has 1 aliphatic heterocycles. The van der Waals surface area contributed by atoms with Gasteiger partial charge in [-0.3, -0.25) is 0 Å². The van der Waals surface area contributed by atoms with Gasteiger partial charge in [-0.25, -0.2) is 0 Å². The zero-order valence-corrected chi connectivity index (χ0v) is 22.8. The molecular weight excluding hydrogens is 528 g/mol. The highest BCUT2D eigenvalue weighted by Gasteiger charge is 2.11. The molecule has 1 aliphatic rings. The van der Waals surface area contributed by atoms with E-state index in [0.29, 0.717) is 102 Å². The fraction of sp³-hybridized carbons (Fsp3) is 0.429. The third-order valence-corrected chi connectivity index (χ3v) is 7.48. The maximum atomic E-state index is 5.99. The van der Waals surface area contributed by atoms with Gasteiger partial charge in [0.05, 0.1) is 52.9 Å². The molecule has 38 heavy (non-hydrogen) atoms. The molecule has 0 N–H and O–H groups in total. The first-order chi connectivity index (χ1) is 18.9. The summed E-state index contributed by atoms with van der Waals surface area (Å²) in [6, 6.07) is 12.2. The van der Waals surface area contributed by atoms with Crippen molar-refractivity contribution in [2.75, 3.05) is 79.3 Å². The van der Waals surface area contributed by atoms with Gasteiger partial charge in [-0.15, -0.1) is 22.7 Å². The van der Waals surface area contributed by atoms with E-state index in [9.17, 15) is 0 Å². The Balaban J connectivity index is 1.15. The van der Waals surface area contributed by atoms with Crippen LogP contribution in [0.1, 0.15) is 0 Å². The Morgan fingerprint density at radius 2 is 0.711 bits per heavy atom. The van der Waals surface area contributed by atoms with Crippen LogP contribution in [0.5, 0.6) is 23.0 Å². The summed E-state index contributed by atoms with van der Waals surface area (Å²) in [6.07, 6.45) is 0. The minimum absolute atomic E-state index is 0.414. The van der Waals surface area contributed by atoms with Crippen LogP contribution in [0.4, 0.5) is 0 Å². The van der Waals surface area contributed by atoms with E-state index in [1.807, 2.05) is 24.3 Å². The molecule has 2 aromatic heterocycles. The van der Waals surface area contributed by atoms with Crippen LogP contribution < -0.4 is 18.9 Å². The third kappa shape index (κ3) is 7.72. The molecule has 204 valence electrons. The highest BCUT2D eigenvalue weighted by molar-refractivity contribution is 7.17. The van der Waals surface area contributed by atoms with Gasteiger partial charge in [0.2, 0.25) is 0 Å². The van der Waals surface area contributed by atoms with Gasteiger partial charge >= 0.3 is 0 Å². The summed E-state index contributed by atoms with van der Waals surface area (Å²) in [5.74, 6) is 2.81. The van der Waals surface area contributed by atoms with Crippen molar-refractivity contribution >= 4 is 42.8 Å². The van der Waals surface area contributed by atoms with Crippen LogP contribution in [0, 0.1) is 0 Å². The van der Waals surface area contributed by atoms with Crippen molar-refractivity contribution < 1.29 is 37.9 Å². The summed E-state index contributed by atoms with van der Waals surface area (Å²) in [5, 5.41) is 6.37. The van der Waals surface area contributed by atoms with Crippen LogP contribution in [-0.4, -0.2) is 79.3 Å². The Bertz CT molecular complexity index is 1080. The Labute approximate surface area is 229 Å². The lowest BCUT2D eigenvalue weighted by Gasteiger charge is -2.15. The zero-order valence-electron chi connectivity index (χ0n) is 21.2. The first-order valence-corrected chi connectivity index (χ1v) is 14.5. The molecule has 4 aromatic rings. The molecule has 0 radical (unpaired) electrons. The van der Waals surface area contributed by atoms with Crippen molar-refractivity contribution in [3.8, 4) is 23.0 Å². The fourth-order valence-electron chi connectivity index (χ4n) is 3.88. The normalized spacial score (nSPS) is 17.7. The van der Waals surface area contributed by atoms with Crippen molar-refractivity contribution in [3.63, 3.8) is 0 Å². The lowest BCUT2D eigenvalue weighted by atomic mass is 10.2.